The molecule has 3 aliphatic rings. The summed E-state index contributed by atoms with van der Waals surface area (Å²) in [5.41, 5.74) is 0.727. The molecule has 4 rings (SSSR count). The van der Waals surface area contributed by atoms with Gasteiger partial charge in [0.25, 0.3) is 0 Å². The Morgan fingerprint density at radius 3 is 2.11 bits per heavy atom. The molecule has 4 atom stereocenters. The average Bonchev–Trinajstić information content (AvgIpc) is 2.86. The van der Waals surface area contributed by atoms with E-state index in [1.165, 1.54) is 0 Å². The Morgan fingerprint density at radius 2 is 1.54 bits per heavy atom. The molecule has 0 aliphatic carbocycles. The van der Waals surface area contributed by atoms with Crippen molar-refractivity contribution < 1.29 is 28.7 Å². The second kappa shape index (κ2) is 12.0. The maximum Gasteiger partial charge on any atom is 0.431 e. The molecule has 0 N–H and O–H groups in total. The lowest BCUT2D eigenvalue weighted by atomic mass is 9.83. The number of unbranched alkanes of at least 4 members (excludes halogenated alkanes) is 2. The van der Waals surface area contributed by atoms with Crippen molar-refractivity contribution in [3.63, 3.8) is 0 Å². The number of hydrazine groups is 1. The molecule has 3 saturated heterocycles. The van der Waals surface area contributed by atoms with Crippen LogP contribution in [0.3, 0.4) is 0 Å². The number of hydrogen-bond donors (Lipinski definition) is 0. The third kappa shape index (κ3) is 5.28. The first-order chi connectivity index (χ1) is 16.9. The Kier molecular flexibility index (Phi) is 9.12. The van der Waals surface area contributed by atoms with Gasteiger partial charge in [-0.3, -0.25) is 9.59 Å². The quantitative estimate of drug-likeness (QED) is 0.470. The van der Waals surface area contributed by atoms with Crippen molar-refractivity contribution in [1.82, 2.24) is 14.9 Å². The highest BCUT2D eigenvalue weighted by molar-refractivity contribution is 5.95. The van der Waals surface area contributed by atoms with E-state index < -0.39 is 30.4 Å². The molecule has 35 heavy (non-hydrogen) atoms. The maximum atomic E-state index is 14.0. The average molecular weight is 488 g/mol. The van der Waals surface area contributed by atoms with Crippen LogP contribution >= 0.6 is 0 Å². The first-order valence-corrected chi connectivity index (χ1v) is 12.7. The molecule has 0 aromatic heterocycles. The van der Waals surface area contributed by atoms with Gasteiger partial charge in [-0.2, -0.15) is 10.0 Å². The molecule has 9 nitrogen and oxygen atoms in total. The van der Waals surface area contributed by atoms with E-state index in [0.29, 0.717) is 6.42 Å². The Bertz CT molecular complexity index is 908. The molecule has 0 radical (unpaired) electrons. The molecule has 3 amide bonds. The molecule has 1 aromatic carbocycles. The van der Waals surface area contributed by atoms with Crippen molar-refractivity contribution in [2.75, 3.05) is 13.2 Å². The lowest BCUT2D eigenvalue weighted by Gasteiger charge is -2.59. The number of amides is 3. The van der Waals surface area contributed by atoms with Crippen LogP contribution in [0.25, 0.3) is 0 Å². The zero-order valence-corrected chi connectivity index (χ0v) is 21.1. The van der Waals surface area contributed by atoms with Crippen LogP contribution in [0.15, 0.2) is 30.3 Å². The van der Waals surface area contributed by atoms with Gasteiger partial charge < -0.3 is 14.4 Å². The van der Waals surface area contributed by atoms with Crippen LogP contribution < -0.4 is 0 Å². The van der Waals surface area contributed by atoms with Gasteiger partial charge in [-0.05, 0) is 32.3 Å². The standard InChI is InChI=1S/C26H37N3O6/c1-5-9-11-14-18(6-2)24(31)27-21-17-20(30)23(22(27)19-15-12-10-13-16-19)29(26(33)35-8-4)28(21)25(32)34-7-3/h10,12-13,15-16,18,21-23H,5-9,11,14,17H2,1-4H3. The fourth-order valence-corrected chi connectivity index (χ4v) is 5.09. The number of nitrogens with zero attached hydrogens (tertiary/aromatic N) is 3. The predicted octanol–water partition coefficient (Wildman–Crippen LogP) is 4.68. The number of hydrogen-bond acceptors (Lipinski definition) is 6. The summed E-state index contributed by atoms with van der Waals surface area (Å²) in [6.45, 7) is 7.57. The van der Waals surface area contributed by atoms with Crippen LogP contribution in [0.2, 0.25) is 0 Å². The number of fused-ring (bicyclic) bond motifs is 3. The number of ketones is 1. The lowest BCUT2D eigenvalue weighted by molar-refractivity contribution is -0.208. The van der Waals surface area contributed by atoms with Gasteiger partial charge in [-0.15, -0.1) is 0 Å². The highest BCUT2D eigenvalue weighted by Crippen LogP contribution is 2.45. The number of ether oxygens (including phenoxy) is 2. The molecule has 0 spiro atoms. The van der Waals surface area contributed by atoms with E-state index in [1.54, 1.807) is 18.7 Å². The summed E-state index contributed by atoms with van der Waals surface area (Å²) in [4.78, 5) is 55.2. The minimum Gasteiger partial charge on any atom is -0.448 e. The summed E-state index contributed by atoms with van der Waals surface area (Å²) >= 11 is 0. The third-order valence-electron chi connectivity index (χ3n) is 6.71. The van der Waals surface area contributed by atoms with Crippen LogP contribution in [0, 0.1) is 5.92 Å². The van der Waals surface area contributed by atoms with Gasteiger partial charge in [-0.25, -0.2) is 9.59 Å². The van der Waals surface area contributed by atoms with Gasteiger partial charge in [0.2, 0.25) is 5.91 Å². The van der Waals surface area contributed by atoms with Crippen LogP contribution in [0.5, 0.6) is 0 Å². The fourth-order valence-electron chi connectivity index (χ4n) is 5.09. The number of carbonyl (C=O) groups is 4. The highest BCUT2D eigenvalue weighted by Gasteiger charge is 2.61. The zero-order valence-electron chi connectivity index (χ0n) is 21.1. The smallest absolute Gasteiger partial charge is 0.431 e. The van der Waals surface area contributed by atoms with Crippen molar-refractivity contribution in [3.8, 4) is 0 Å². The van der Waals surface area contributed by atoms with Gasteiger partial charge in [0, 0.05) is 12.3 Å². The van der Waals surface area contributed by atoms with E-state index in [9.17, 15) is 19.2 Å². The highest BCUT2D eigenvalue weighted by atomic mass is 16.6. The van der Waals surface area contributed by atoms with E-state index >= 15 is 0 Å². The molecule has 9 heteroatoms. The molecular formula is C26H37N3O6. The Balaban J connectivity index is 2.12. The van der Waals surface area contributed by atoms with Crippen molar-refractivity contribution in [2.24, 2.45) is 5.92 Å². The Hall–Kier alpha value is -3.10. The minimum absolute atomic E-state index is 0.0696. The summed E-state index contributed by atoms with van der Waals surface area (Å²) in [5, 5.41) is 2.18. The number of piperidine rings is 1. The Morgan fingerprint density at radius 1 is 0.914 bits per heavy atom. The van der Waals surface area contributed by atoms with Crippen LogP contribution in [-0.2, 0) is 19.1 Å². The zero-order chi connectivity index (χ0) is 25.5. The molecule has 3 heterocycles. The van der Waals surface area contributed by atoms with Crippen LogP contribution in [0.1, 0.15) is 77.8 Å². The first-order valence-electron chi connectivity index (χ1n) is 12.7. The molecule has 2 bridgehead atoms. The fraction of sp³-hybridized carbons (Fsp3) is 0.615. The van der Waals surface area contributed by atoms with Gasteiger partial charge in [0.15, 0.2) is 5.78 Å². The van der Waals surface area contributed by atoms with Gasteiger partial charge >= 0.3 is 12.2 Å². The van der Waals surface area contributed by atoms with Crippen LogP contribution in [0.4, 0.5) is 9.59 Å². The largest absolute Gasteiger partial charge is 0.448 e. The van der Waals surface area contributed by atoms with E-state index in [1.807, 2.05) is 37.3 Å². The predicted molar refractivity (Wildman–Crippen MR) is 129 cm³/mol. The number of rotatable bonds is 9. The number of benzene rings is 1. The molecule has 0 saturated carbocycles. The summed E-state index contributed by atoms with van der Waals surface area (Å²) in [5.74, 6) is -0.583. The lowest BCUT2D eigenvalue weighted by Crippen LogP contribution is -2.77. The molecule has 3 aliphatic heterocycles. The molecule has 1 aromatic rings. The summed E-state index contributed by atoms with van der Waals surface area (Å²) in [6, 6.07) is 7.38. The first kappa shape index (κ1) is 26.5. The monoisotopic (exact) mass is 487 g/mol. The molecule has 192 valence electrons. The number of Topliss-reactive ketones (excluding diaryl/α,β-unsaturated/α-hetero) is 1. The molecule has 3 fully saturated rings. The number of carbonyl (C=O) groups excluding carboxylic acids is 4. The maximum absolute atomic E-state index is 14.0. The van der Waals surface area contributed by atoms with Gasteiger partial charge in [-0.1, -0.05) is 63.4 Å². The van der Waals surface area contributed by atoms with Crippen molar-refractivity contribution in [1.29, 1.82) is 0 Å². The van der Waals surface area contributed by atoms with E-state index in [2.05, 4.69) is 6.92 Å². The van der Waals surface area contributed by atoms with E-state index in [0.717, 1.165) is 41.3 Å². The van der Waals surface area contributed by atoms with Crippen molar-refractivity contribution in [2.45, 2.75) is 84.5 Å². The minimum atomic E-state index is -1.09. The van der Waals surface area contributed by atoms with Crippen molar-refractivity contribution >= 4 is 23.9 Å². The van der Waals surface area contributed by atoms with E-state index in [-0.39, 0.29) is 37.2 Å². The Labute approximate surface area is 207 Å². The van der Waals surface area contributed by atoms with E-state index in [4.69, 9.17) is 9.47 Å². The van der Waals surface area contributed by atoms with Crippen LogP contribution in [-0.4, -0.2) is 64.2 Å². The molecule has 4 unspecified atom stereocenters. The summed E-state index contributed by atoms with van der Waals surface area (Å²) < 4.78 is 10.5. The summed E-state index contributed by atoms with van der Waals surface area (Å²) in [6.07, 6.45) is 1.73. The SMILES string of the molecule is CCCCCC(CC)C(=O)N1C(c2ccccc2)C2C(=O)CC1N(C(=O)OCC)N2C(=O)OCC. The third-order valence-corrected chi connectivity index (χ3v) is 6.71. The second-order valence-corrected chi connectivity index (χ2v) is 8.88. The normalized spacial score (nSPS) is 22.2. The summed E-state index contributed by atoms with van der Waals surface area (Å²) in [7, 11) is 0. The van der Waals surface area contributed by atoms with Crippen molar-refractivity contribution in [3.05, 3.63) is 35.9 Å². The molecular weight excluding hydrogens is 450 g/mol. The van der Waals surface area contributed by atoms with Gasteiger partial charge in [0.05, 0.1) is 19.3 Å². The second-order valence-electron chi connectivity index (χ2n) is 8.88. The topological polar surface area (TPSA) is 96.5 Å². The van der Waals surface area contributed by atoms with Gasteiger partial charge in [0.1, 0.15) is 12.2 Å².